The molecule has 2 aromatic rings. The third kappa shape index (κ3) is 7.78. The summed E-state index contributed by atoms with van der Waals surface area (Å²) < 4.78 is 16.3. The molecule has 0 aliphatic heterocycles. The van der Waals surface area contributed by atoms with Gasteiger partial charge in [0.2, 0.25) is 0 Å². The number of hydrogen-bond donors (Lipinski definition) is 1. The summed E-state index contributed by atoms with van der Waals surface area (Å²) in [7, 11) is 0. The van der Waals surface area contributed by atoms with Crippen molar-refractivity contribution >= 4 is 11.6 Å². The molecule has 5 heteroatoms. The lowest BCUT2D eigenvalue weighted by Crippen LogP contribution is -2.09. The van der Waals surface area contributed by atoms with Crippen LogP contribution in [-0.2, 0) is 11.2 Å². The van der Waals surface area contributed by atoms with E-state index < -0.39 is 0 Å². The predicted molar refractivity (Wildman–Crippen MR) is 99.9 cm³/mol. The van der Waals surface area contributed by atoms with Crippen LogP contribution in [0, 0.1) is 0 Å². The van der Waals surface area contributed by atoms with Gasteiger partial charge in [0.1, 0.15) is 18.1 Å². The number of rotatable bonds is 12. The third-order valence-corrected chi connectivity index (χ3v) is 3.80. The molecule has 136 valence electrons. The van der Waals surface area contributed by atoms with E-state index in [9.17, 15) is 0 Å². The number of halogens is 1. The molecule has 0 aliphatic rings. The van der Waals surface area contributed by atoms with Gasteiger partial charge in [-0.05, 0) is 48.2 Å². The number of aliphatic hydroxyl groups is 1. The topological polar surface area (TPSA) is 47.9 Å². The van der Waals surface area contributed by atoms with Crippen molar-refractivity contribution in [2.45, 2.75) is 12.8 Å². The van der Waals surface area contributed by atoms with Crippen LogP contribution in [0.15, 0.2) is 48.5 Å². The highest BCUT2D eigenvalue weighted by Crippen LogP contribution is 2.18. The van der Waals surface area contributed by atoms with Gasteiger partial charge in [0.05, 0.1) is 26.4 Å². The highest BCUT2D eigenvalue weighted by Gasteiger charge is 2.00. The molecule has 0 fully saturated rings. The van der Waals surface area contributed by atoms with Gasteiger partial charge in [0, 0.05) is 5.88 Å². The quantitative estimate of drug-likeness (QED) is 0.461. The van der Waals surface area contributed by atoms with Crippen molar-refractivity contribution in [2.24, 2.45) is 0 Å². The summed E-state index contributed by atoms with van der Waals surface area (Å²) in [6.07, 6.45) is 1.72. The van der Waals surface area contributed by atoms with Crippen LogP contribution in [0.1, 0.15) is 17.5 Å². The minimum absolute atomic E-state index is 0.0369. The predicted octanol–water partition coefficient (Wildman–Crippen LogP) is 3.67. The molecular formula is C20H25ClO4. The summed E-state index contributed by atoms with van der Waals surface area (Å²) in [5, 5.41) is 8.62. The maximum Gasteiger partial charge on any atom is 0.119 e. The summed E-state index contributed by atoms with van der Waals surface area (Å²) in [6.45, 7) is 1.98. The Hall–Kier alpha value is -1.75. The first kappa shape index (κ1) is 19.6. The number of aliphatic hydroxyl groups excluding tert-OH is 1. The SMILES string of the molecule is OCCOCCOc1ccc(Cc2ccc(OCCCCl)cc2)cc1. The summed E-state index contributed by atoms with van der Waals surface area (Å²) in [6, 6.07) is 16.2. The largest absolute Gasteiger partial charge is 0.494 e. The lowest BCUT2D eigenvalue weighted by Gasteiger charge is -2.08. The Morgan fingerprint density at radius 3 is 1.80 bits per heavy atom. The second-order valence-electron chi connectivity index (χ2n) is 5.54. The minimum Gasteiger partial charge on any atom is -0.494 e. The molecular weight excluding hydrogens is 340 g/mol. The van der Waals surface area contributed by atoms with Crippen molar-refractivity contribution in [1.82, 2.24) is 0 Å². The molecule has 25 heavy (non-hydrogen) atoms. The van der Waals surface area contributed by atoms with Crippen molar-refractivity contribution in [2.75, 3.05) is 38.9 Å². The molecule has 4 nitrogen and oxygen atoms in total. The fourth-order valence-corrected chi connectivity index (χ4v) is 2.38. The van der Waals surface area contributed by atoms with Crippen molar-refractivity contribution < 1.29 is 19.3 Å². The molecule has 0 atom stereocenters. The standard InChI is InChI=1S/C20H25ClO4/c21-10-1-12-24-19-6-2-17(3-7-19)16-18-4-8-20(9-5-18)25-15-14-23-13-11-22/h2-9,22H,1,10-16H2. The summed E-state index contributed by atoms with van der Waals surface area (Å²) in [5.74, 6) is 2.31. The highest BCUT2D eigenvalue weighted by atomic mass is 35.5. The second kappa shape index (κ2) is 11.7. The summed E-state index contributed by atoms with van der Waals surface area (Å²) in [5.41, 5.74) is 2.45. The lowest BCUT2D eigenvalue weighted by atomic mass is 10.0. The fourth-order valence-electron chi connectivity index (χ4n) is 2.27. The van der Waals surface area contributed by atoms with Gasteiger partial charge in [0.25, 0.3) is 0 Å². The minimum atomic E-state index is 0.0369. The second-order valence-corrected chi connectivity index (χ2v) is 5.92. The van der Waals surface area contributed by atoms with Gasteiger partial charge in [-0.3, -0.25) is 0 Å². The van der Waals surface area contributed by atoms with E-state index in [2.05, 4.69) is 24.3 Å². The van der Waals surface area contributed by atoms with E-state index in [1.807, 2.05) is 24.3 Å². The highest BCUT2D eigenvalue weighted by molar-refractivity contribution is 6.17. The number of ether oxygens (including phenoxy) is 3. The van der Waals surface area contributed by atoms with Crippen LogP contribution in [0.2, 0.25) is 0 Å². The smallest absolute Gasteiger partial charge is 0.119 e. The van der Waals surface area contributed by atoms with E-state index in [-0.39, 0.29) is 6.61 Å². The van der Waals surface area contributed by atoms with E-state index in [4.69, 9.17) is 30.9 Å². The lowest BCUT2D eigenvalue weighted by molar-refractivity contribution is 0.0705. The molecule has 1 N–H and O–H groups in total. The van der Waals surface area contributed by atoms with Crippen molar-refractivity contribution in [3.8, 4) is 11.5 Å². The Morgan fingerprint density at radius 1 is 0.720 bits per heavy atom. The first-order chi connectivity index (χ1) is 12.3. The fraction of sp³-hybridized carbons (Fsp3) is 0.400. The van der Waals surface area contributed by atoms with E-state index in [1.165, 1.54) is 11.1 Å². The van der Waals surface area contributed by atoms with Crippen LogP contribution >= 0.6 is 11.6 Å². The van der Waals surface area contributed by atoms with Crippen LogP contribution in [0.3, 0.4) is 0 Å². The van der Waals surface area contributed by atoms with Crippen LogP contribution in [0.4, 0.5) is 0 Å². The van der Waals surface area contributed by atoms with E-state index in [1.54, 1.807) is 0 Å². The third-order valence-electron chi connectivity index (χ3n) is 3.53. The Labute approximate surface area is 154 Å². The first-order valence-corrected chi connectivity index (χ1v) is 9.03. The molecule has 0 radical (unpaired) electrons. The number of benzene rings is 2. The monoisotopic (exact) mass is 364 g/mol. The van der Waals surface area contributed by atoms with Gasteiger partial charge in [-0.1, -0.05) is 24.3 Å². The van der Waals surface area contributed by atoms with Crippen LogP contribution in [0.5, 0.6) is 11.5 Å². The Bertz CT molecular complexity index is 584. The Kier molecular flexibility index (Phi) is 9.19. The van der Waals surface area contributed by atoms with Crippen LogP contribution in [0.25, 0.3) is 0 Å². The molecule has 0 saturated carbocycles. The summed E-state index contributed by atoms with van der Waals surface area (Å²) >= 11 is 5.64. The van der Waals surface area contributed by atoms with Crippen molar-refractivity contribution in [3.05, 3.63) is 59.7 Å². The first-order valence-electron chi connectivity index (χ1n) is 8.50. The molecule has 0 bridgehead atoms. The van der Waals surface area contributed by atoms with E-state index >= 15 is 0 Å². The zero-order valence-electron chi connectivity index (χ0n) is 14.3. The van der Waals surface area contributed by atoms with Gasteiger partial charge in [-0.2, -0.15) is 0 Å². The van der Waals surface area contributed by atoms with Gasteiger partial charge in [-0.15, -0.1) is 11.6 Å². The number of hydrogen-bond acceptors (Lipinski definition) is 4. The normalized spacial score (nSPS) is 10.6. The Balaban J connectivity index is 1.76. The zero-order valence-corrected chi connectivity index (χ0v) is 15.1. The van der Waals surface area contributed by atoms with Crippen molar-refractivity contribution in [1.29, 1.82) is 0 Å². The molecule has 0 unspecified atom stereocenters. The van der Waals surface area contributed by atoms with Crippen LogP contribution in [-0.4, -0.2) is 44.0 Å². The van der Waals surface area contributed by atoms with Gasteiger partial charge >= 0.3 is 0 Å². The van der Waals surface area contributed by atoms with Crippen molar-refractivity contribution in [3.63, 3.8) is 0 Å². The molecule has 0 aliphatic carbocycles. The van der Waals surface area contributed by atoms with Gasteiger partial charge < -0.3 is 19.3 Å². The molecule has 0 spiro atoms. The average Bonchev–Trinajstić information content (AvgIpc) is 2.64. The average molecular weight is 365 g/mol. The van der Waals surface area contributed by atoms with Gasteiger partial charge in [0.15, 0.2) is 0 Å². The number of alkyl halides is 1. The molecule has 2 rings (SSSR count). The molecule has 0 saturated heterocycles. The van der Waals surface area contributed by atoms with E-state index in [0.29, 0.717) is 32.3 Å². The zero-order chi connectivity index (χ0) is 17.7. The molecule has 0 aromatic heterocycles. The maximum absolute atomic E-state index is 8.62. The van der Waals surface area contributed by atoms with E-state index in [0.717, 1.165) is 24.3 Å². The van der Waals surface area contributed by atoms with Crippen LogP contribution < -0.4 is 9.47 Å². The molecule has 0 heterocycles. The molecule has 2 aromatic carbocycles. The Morgan fingerprint density at radius 2 is 1.28 bits per heavy atom. The molecule has 0 amide bonds. The van der Waals surface area contributed by atoms with Gasteiger partial charge in [-0.25, -0.2) is 0 Å². The maximum atomic E-state index is 8.62. The summed E-state index contributed by atoms with van der Waals surface area (Å²) in [4.78, 5) is 0.